The molecule has 0 radical (unpaired) electrons. The molecule has 0 aromatic heterocycles. The molecule has 3 aliphatic carbocycles. The fourth-order valence-corrected chi connectivity index (χ4v) is 6.68. The van der Waals surface area contributed by atoms with Crippen LogP contribution in [0.1, 0.15) is 40.0 Å². The number of carbonyl (C=O) groups is 2. The Morgan fingerprint density at radius 3 is 2.64 bits per heavy atom. The maximum Gasteiger partial charge on any atom is 0.315 e. The van der Waals surface area contributed by atoms with E-state index in [1.807, 2.05) is 26.8 Å². The minimum absolute atomic E-state index is 0.0157. The van der Waals surface area contributed by atoms with E-state index in [2.05, 4.69) is 0 Å². The number of cyclic esters (lactones) is 1. The molecule has 3 fully saturated rings. The van der Waals surface area contributed by atoms with Crippen LogP contribution in [-0.4, -0.2) is 41.3 Å². The number of carbonyl (C=O) groups excluding carboxylic acids is 2. The fourth-order valence-electron chi connectivity index (χ4n) is 6.68. The molecule has 1 unspecified atom stereocenters. The standard InChI is InChI=1S/C20H28O5/c1-11-12-4-5-13-19(8-12,16(11)23)17(24)25-10-20(13)14(9-21)18(2,3)7-6-15(20)22/h6-7,11-14,16,21,23H,4-5,8-10H2,1-3H3/t11-,12+,13+,14+,16?,19-,20-/m0/s1. The van der Waals surface area contributed by atoms with Crippen molar-refractivity contribution < 1.29 is 24.5 Å². The second-order valence-corrected chi connectivity index (χ2v) is 9.31. The van der Waals surface area contributed by atoms with Crippen molar-refractivity contribution in [1.82, 2.24) is 0 Å². The minimum atomic E-state index is -0.995. The number of esters is 1. The van der Waals surface area contributed by atoms with E-state index < -0.39 is 16.9 Å². The molecule has 4 aliphatic rings. The first-order valence-corrected chi connectivity index (χ1v) is 9.41. The molecular formula is C20H28O5. The number of hydrogen-bond acceptors (Lipinski definition) is 5. The lowest BCUT2D eigenvalue weighted by atomic mass is 9.45. The van der Waals surface area contributed by atoms with E-state index in [0.717, 1.165) is 12.8 Å². The number of ketones is 1. The van der Waals surface area contributed by atoms with Crippen LogP contribution >= 0.6 is 0 Å². The van der Waals surface area contributed by atoms with Crippen LogP contribution in [0.25, 0.3) is 0 Å². The number of aliphatic hydroxyl groups is 2. The maximum absolute atomic E-state index is 13.2. The third kappa shape index (κ3) is 1.86. The highest BCUT2D eigenvalue weighted by Crippen LogP contribution is 2.67. The predicted octanol–water partition coefficient (Wildman–Crippen LogP) is 1.72. The molecule has 4 rings (SSSR count). The summed E-state index contributed by atoms with van der Waals surface area (Å²) in [6.45, 7) is 5.91. The highest BCUT2D eigenvalue weighted by Gasteiger charge is 2.73. The smallest absolute Gasteiger partial charge is 0.315 e. The van der Waals surface area contributed by atoms with E-state index in [9.17, 15) is 19.8 Å². The molecule has 0 amide bonds. The molecule has 1 heterocycles. The molecule has 2 N–H and O–H groups in total. The molecule has 5 nitrogen and oxygen atoms in total. The van der Waals surface area contributed by atoms with E-state index in [-0.39, 0.29) is 48.1 Å². The van der Waals surface area contributed by atoms with E-state index >= 15 is 0 Å². The van der Waals surface area contributed by atoms with Crippen molar-refractivity contribution >= 4 is 11.8 Å². The van der Waals surface area contributed by atoms with Gasteiger partial charge in [0.25, 0.3) is 0 Å². The fraction of sp³-hybridized carbons (Fsp3) is 0.800. The first kappa shape index (κ1) is 17.2. The van der Waals surface area contributed by atoms with Gasteiger partial charge in [0.2, 0.25) is 0 Å². The van der Waals surface area contributed by atoms with Gasteiger partial charge < -0.3 is 14.9 Å². The Morgan fingerprint density at radius 2 is 1.96 bits per heavy atom. The van der Waals surface area contributed by atoms with Gasteiger partial charge >= 0.3 is 5.97 Å². The normalized spacial score (nSPS) is 50.7. The summed E-state index contributed by atoms with van der Waals surface area (Å²) in [6, 6.07) is 0. The zero-order valence-electron chi connectivity index (χ0n) is 15.2. The highest BCUT2D eigenvalue weighted by atomic mass is 16.5. The molecular weight excluding hydrogens is 320 g/mol. The SMILES string of the molecule is C[C@@H]1C(O)[C@]23C[C@H]1CC[C@H]2[C@]1(COC3=O)C(=O)C=CC(C)(C)[C@H]1CO. The van der Waals surface area contributed by atoms with Crippen LogP contribution in [0.4, 0.5) is 0 Å². The lowest BCUT2D eigenvalue weighted by molar-refractivity contribution is -0.217. The van der Waals surface area contributed by atoms with Crippen LogP contribution in [0, 0.1) is 39.9 Å². The summed E-state index contributed by atoms with van der Waals surface area (Å²) in [5.74, 6) is -0.681. The average molecular weight is 348 g/mol. The van der Waals surface area contributed by atoms with Crippen molar-refractivity contribution in [2.24, 2.45) is 39.9 Å². The Balaban J connectivity index is 1.90. The topological polar surface area (TPSA) is 83.8 Å². The predicted molar refractivity (Wildman–Crippen MR) is 90.3 cm³/mol. The summed E-state index contributed by atoms with van der Waals surface area (Å²) in [7, 11) is 0. The van der Waals surface area contributed by atoms with Crippen LogP contribution < -0.4 is 0 Å². The Kier molecular flexibility index (Phi) is 3.56. The summed E-state index contributed by atoms with van der Waals surface area (Å²) >= 11 is 0. The lowest BCUT2D eigenvalue weighted by Crippen LogP contribution is -2.67. The van der Waals surface area contributed by atoms with Crippen molar-refractivity contribution in [3.8, 4) is 0 Å². The van der Waals surface area contributed by atoms with E-state index in [1.165, 1.54) is 0 Å². The monoisotopic (exact) mass is 348 g/mol. The number of hydrogen-bond donors (Lipinski definition) is 2. The number of aliphatic hydroxyl groups excluding tert-OH is 2. The number of ether oxygens (including phenoxy) is 1. The Labute approximate surface area is 148 Å². The van der Waals surface area contributed by atoms with Gasteiger partial charge in [-0.25, -0.2) is 0 Å². The highest BCUT2D eigenvalue weighted by molar-refractivity contribution is 5.98. The summed E-state index contributed by atoms with van der Waals surface area (Å²) in [6.07, 6.45) is 4.93. The van der Waals surface area contributed by atoms with E-state index in [1.54, 1.807) is 6.08 Å². The maximum atomic E-state index is 13.2. The molecule has 7 atom stereocenters. The lowest BCUT2D eigenvalue weighted by Gasteiger charge is -2.59. The van der Waals surface area contributed by atoms with Crippen LogP contribution in [0.2, 0.25) is 0 Å². The molecule has 25 heavy (non-hydrogen) atoms. The van der Waals surface area contributed by atoms with Gasteiger partial charge in [0, 0.05) is 12.5 Å². The molecule has 0 aromatic carbocycles. The largest absolute Gasteiger partial charge is 0.464 e. The average Bonchev–Trinajstić information content (AvgIpc) is 2.77. The quantitative estimate of drug-likeness (QED) is 0.705. The van der Waals surface area contributed by atoms with Gasteiger partial charge in [-0.2, -0.15) is 0 Å². The van der Waals surface area contributed by atoms with Crippen molar-refractivity contribution in [2.45, 2.75) is 46.1 Å². The molecule has 2 saturated carbocycles. The van der Waals surface area contributed by atoms with Crippen molar-refractivity contribution in [1.29, 1.82) is 0 Å². The van der Waals surface area contributed by atoms with Gasteiger partial charge in [-0.1, -0.05) is 26.8 Å². The first-order valence-electron chi connectivity index (χ1n) is 9.41. The molecule has 1 aliphatic heterocycles. The van der Waals surface area contributed by atoms with Crippen LogP contribution in [0.15, 0.2) is 12.2 Å². The summed E-state index contributed by atoms with van der Waals surface area (Å²) in [5, 5.41) is 21.2. The van der Waals surface area contributed by atoms with Crippen molar-refractivity contribution in [2.75, 3.05) is 13.2 Å². The van der Waals surface area contributed by atoms with E-state index in [0.29, 0.717) is 12.3 Å². The van der Waals surface area contributed by atoms with Crippen molar-refractivity contribution in [3.63, 3.8) is 0 Å². The molecule has 5 heteroatoms. The third-order valence-electron chi connectivity index (χ3n) is 8.09. The number of fused-ring (bicyclic) bond motifs is 2. The van der Waals surface area contributed by atoms with Crippen LogP contribution in [0.3, 0.4) is 0 Å². The summed E-state index contributed by atoms with van der Waals surface area (Å²) < 4.78 is 5.61. The third-order valence-corrected chi connectivity index (χ3v) is 8.09. The van der Waals surface area contributed by atoms with Crippen LogP contribution in [0.5, 0.6) is 0 Å². The van der Waals surface area contributed by atoms with Gasteiger partial charge in [0.15, 0.2) is 5.78 Å². The molecule has 2 spiro atoms. The Morgan fingerprint density at radius 1 is 1.24 bits per heavy atom. The molecule has 138 valence electrons. The molecule has 1 saturated heterocycles. The van der Waals surface area contributed by atoms with Crippen molar-refractivity contribution in [3.05, 3.63) is 12.2 Å². The summed E-state index contributed by atoms with van der Waals surface area (Å²) in [5.41, 5.74) is -2.30. The van der Waals surface area contributed by atoms with E-state index in [4.69, 9.17) is 4.74 Å². The Hall–Kier alpha value is -1.20. The summed E-state index contributed by atoms with van der Waals surface area (Å²) in [4.78, 5) is 26.1. The second-order valence-electron chi connectivity index (χ2n) is 9.31. The number of rotatable bonds is 1. The zero-order valence-corrected chi connectivity index (χ0v) is 15.2. The molecule has 0 aromatic rings. The Bertz CT molecular complexity index is 652. The van der Waals surface area contributed by atoms with Gasteiger partial charge in [0.05, 0.1) is 16.9 Å². The second kappa shape index (κ2) is 5.17. The van der Waals surface area contributed by atoms with Gasteiger partial charge in [-0.15, -0.1) is 0 Å². The molecule has 2 bridgehead atoms. The zero-order chi connectivity index (χ0) is 18.2. The first-order chi connectivity index (χ1) is 11.7. The minimum Gasteiger partial charge on any atom is -0.464 e. The van der Waals surface area contributed by atoms with Gasteiger partial charge in [-0.3, -0.25) is 9.59 Å². The number of allylic oxidation sites excluding steroid dienone is 2. The van der Waals surface area contributed by atoms with Crippen LogP contribution in [-0.2, 0) is 14.3 Å². The van der Waals surface area contributed by atoms with Gasteiger partial charge in [-0.05, 0) is 48.5 Å². The van der Waals surface area contributed by atoms with Gasteiger partial charge in [0.1, 0.15) is 6.61 Å².